The van der Waals surface area contributed by atoms with Crippen molar-refractivity contribution < 1.29 is 14.3 Å². The minimum absolute atomic E-state index is 0.0185. The summed E-state index contributed by atoms with van der Waals surface area (Å²) in [6.45, 7) is 1.06. The zero-order chi connectivity index (χ0) is 21.1. The van der Waals surface area contributed by atoms with Crippen LogP contribution in [0, 0.1) is 0 Å². The number of rotatable bonds is 7. The molecular weight excluding hydrogens is 406 g/mol. The van der Waals surface area contributed by atoms with E-state index in [1.807, 2.05) is 24.3 Å². The first-order valence-corrected chi connectivity index (χ1v) is 9.91. The summed E-state index contributed by atoms with van der Waals surface area (Å²) in [5.41, 5.74) is 3.17. The van der Waals surface area contributed by atoms with Gasteiger partial charge in [-0.15, -0.1) is 0 Å². The fourth-order valence-corrected chi connectivity index (χ4v) is 3.81. The monoisotopic (exact) mass is 427 g/mol. The molecule has 30 heavy (non-hydrogen) atoms. The third kappa shape index (κ3) is 3.71. The maximum atomic E-state index is 12.9. The number of methoxy groups -OCH3 is 2. The molecule has 0 saturated heterocycles. The highest BCUT2D eigenvalue weighted by Crippen LogP contribution is 2.40. The number of halogens is 1. The number of nitrogens with one attached hydrogen (secondary N) is 2. The van der Waals surface area contributed by atoms with Crippen molar-refractivity contribution in [1.82, 2.24) is 20.1 Å². The molecule has 1 aliphatic heterocycles. The summed E-state index contributed by atoms with van der Waals surface area (Å²) in [5.74, 6) is 0.298. The summed E-state index contributed by atoms with van der Waals surface area (Å²) >= 11 is 6.29. The van der Waals surface area contributed by atoms with Gasteiger partial charge in [0.15, 0.2) is 11.4 Å². The Morgan fingerprint density at radius 1 is 1.27 bits per heavy atom. The van der Waals surface area contributed by atoms with E-state index in [9.17, 15) is 4.79 Å². The number of hydrogen-bond donors (Lipinski definition) is 2. The highest BCUT2D eigenvalue weighted by atomic mass is 35.5. The lowest BCUT2D eigenvalue weighted by Gasteiger charge is -2.25. The molecule has 2 N–H and O–H groups in total. The van der Waals surface area contributed by atoms with Crippen molar-refractivity contribution >= 4 is 28.9 Å². The molecule has 0 unspecified atom stereocenters. The van der Waals surface area contributed by atoms with Crippen molar-refractivity contribution in [3.05, 3.63) is 53.4 Å². The lowest BCUT2D eigenvalue weighted by Crippen LogP contribution is -2.40. The maximum Gasteiger partial charge on any atom is 0.271 e. The molecule has 8 nitrogen and oxygen atoms in total. The van der Waals surface area contributed by atoms with E-state index in [2.05, 4.69) is 15.6 Å². The van der Waals surface area contributed by atoms with Crippen LogP contribution in [0.4, 0.5) is 11.4 Å². The summed E-state index contributed by atoms with van der Waals surface area (Å²) in [5, 5.41) is 11.6. The van der Waals surface area contributed by atoms with Gasteiger partial charge in [-0.25, -0.2) is 0 Å². The van der Waals surface area contributed by atoms with E-state index in [1.54, 1.807) is 37.4 Å². The predicted molar refractivity (Wildman–Crippen MR) is 115 cm³/mol. The van der Waals surface area contributed by atoms with Gasteiger partial charge >= 0.3 is 0 Å². The van der Waals surface area contributed by atoms with Gasteiger partial charge in [0.1, 0.15) is 5.69 Å². The molecule has 3 aromatic rings. The zero-order valence-corrected chi connectivity index (χ0v) is 17.4. The van der Waals surface area contributed by atoms with Crippen LogP contribution in [0.2, 0.25) is 5.02 Å². The van der Waals surface area contributed by atoms with Gasteiger partial charge in [0, 0.05) is 38.2 Å². The standard InChI is InChI=1S/C21H22ClN5O3/c1-29-11-8-14-12-24-21(28)19-18(25-16-5-3-4-15(22)20(16)30-2)17(26-27(14)19)13-6-9-23-10-7-13/h3-7,9-10,14,25H,8,11-12H2,1-2H3,(H,24,28)/t14-/m0/s1. The molecule has 0 saturated carbocycles. The van der Waals surface area contributed by atoms with Crippen LogP contribution in [-0.4, -0.2) is 48.0 Å². The lowest BCUT2D eigenvalue weighted by molar-refractivity contribution is 0.0896. The van der Waals surface area contributed by atoms with Gasteiger partial charge in [0.25, 0.3) is 5.91 Å². The number of hydrogen-bond acceptors (Lipinski definition) is 6. The molecule has 2 aromatic heterocycles. The second-order valence-electron chi connectivity index (χ2n) is 6.84. The first-order valence-electron chi connectivity index (χ1n) is 9.53. The Hall–Kier alpha value is -3.10. The molecule has 156 valence electrons. The quantitative estimate of drug-likeness (QED) is 0.598. The fraction of sp³-hybridized carbons (Fsp3) is 0.286. The van der Waals surface area contributed by atoms with Crippen molar-refractivity contribution in [2.24, 2.45) is 0 Å². The third-order valence-corrected chi connectivity index (χ3v) is 5.31. The van der Waals surface area contributed by atoms with Crippen molar-refractivity contribution in [2.45, 2.75) is 12.5 Å². The number of aromatic nitrogens is 3. The zero-order valence-electron chi connectivity index (χ0n) is 16.7. The highest BCUT2D eigenvalue weighted by Gasteiger charge is 2.32. The summed E-state index contributed by atoms with van der Waals surface area (Å²) in [6, 6.07) is 9.10. The van der Waals surface area contributed by atoms with Gasteiger partial charge < -0.3 is 20.1 Å². The first kappa shape index (κ1) is 20.2. The number of pyridine rings is 1. The summed E-state index contributed by atoms with van der Waals surface area (Å²) in [6.07, 6.45) is 4.11. The normalized spacial score (nSPS) is 15.4. The Morgan fingerprint density at radius 3 is 2.80 bits per heavy atom. The van der Waals surface area contributed by atoms with Gasteiger partial charge in [0.2, 0.25) is 0 Å². The first-order chi connectivity index (χ1) is 14.6. The van der Waals surface area contributed by atoms with Crippen molar-refractivity contribution in [1.29, 1.82) is 0 Å². The topological polar surface area (TPSA) is 90.3 Å². The van der Waals surface area contributed by atoms with E-state index in [-0.39, 0.29) is 11.9 Å². The molecule has 1 atom stereocenters. The van der Waals surface area contributed by atoms with Gasteiger partial charge in [0.05, 0.1) is 29.5 Å². The van der Waals surface area contributed by atoms with Crippen LogP contribution in [-0.2, 0) is 4.74 Å². The molecule has 4 rings (SSSR count). The van der Waals surface area contributed by atoms with Gasteiger partial charge in [-0.1, -0.05) is 17.7 Å². The van der Waals surface area contributed by atoms with Crippen LogP contribution in [0.25, 0.3) is 11.3 Å². The molecule has 9 heteroatoms. The Balaban J connectivity index is 1.87. The molecule has 3 heterocycles. The van der Waals surface area contributed by atoms with Gasteiger partial charge in [-0.2, -0.15) is 5.10 Å². The number of nitrogens with zero attached hydrogens (tertiary/aromatic N) is 3. The van der Waals surface area contributed by atoms with E-state index >= 15 is 0 Å². The smallest absolute Gasteiger partial charge is 0.271 e. The Morgan fingerprint density at radius 2 is 2.07 bits per heavy atom. The van der Waals surface area contributed by atoms with Crippen LogP contribution >= 0.6 is 11.6 Å². The number of carbonyl (C=O) groups excluding carboxylic acids is 1. The second kappa shape index (κ2) is 8.73. The largest absolute Gasteiger partial charge is 0.493 e. The summed E-state index contributed by atoms with van der Waals surface area (Å²) in [7, 11) is 3.21. The third-order valence-electron chi connectivity index (χ3n) is 5.01. The molecule has 0 fully saturated rings. The molecular formula is C21H22ClN5O3. The number of fused-ring (bicyclic) bond motifs is 1. The van der Waals surface area contributed by atoms with Crippen molar-refractivity contribution in [2.75, 3.05) is 32.7 Å². The van der Waals surface area contributed by atoms with E-state index in [1.165, 1.54) is 0 Å². The molecule has 0 bridgehead atoms. The number of amides is 1. The molecule has 0 radical (unpaired) electrons. The van der Waals surface area contributed by atoms with E-state index in [0.717, 1.165) is 12.0 Å². The van der Waals surface area contributed by atoms with E-state index in [0.29, 0.717) is 46.7 Å². The fourth-order valence-electron chi connectivity index (χ4n) is 3.55. The average molecular weight is 428 g/mol. The van der Waals surface area contributed by atoms with Crippen LogP contribution in [0.1, 0.15) is 23.0 Å². The van der Waals surface area contributed by atoms with Crippen LogP contribution in [0.3, 0.4) is 0 Å². The molecule has 0 aliphatic carbocycles. The van der Waals surface area contributed by atoms with Crippen LogP contribution < -0.4 is 15.4 Å². The minimum Gasteiger partial charge on any atom is -0.493 e. The van der Waals surface area contributed by atoms with E-state index in [4.69, 9.17) is 26.2 Å². The van der Waals surface area contributed by atoms with E-state index < -0.39 is 0 Å². The lowest BCUT2D eigenvalue weighted by atomic mass is 10.1. The predicted octanol–water partition coefficient (Wildman–Crippen LogP) is 3.67. The maximum absolute atomic E-state index is 12.9. The number of para-hydroxylation sites is 1. The Kier molecular flexibility index (Phi) is 5.87. The van der Waals surface area contributed by atoms with Gasteiger partial charge in [-0.05, 0) is 30.7 Å². The minimum atomic E-state index is -0.194. The number of ether oxygens (including phenoxy) is 2. The van der Waals surface area contributed by atoms with Crippen molar-refractivity contribution in [3.63, 3.8) is 0 Å². The van der Waals surface area contributed by atoms with Crippen LogP contribution in [0.15, 0.2) is 42.7 Å². The molecule has 1 aromatic carbocycles. The Bertz CT molecular complexity index is 1050. The molecule has 1 amide bonds. The van der Waals surface area contributed by atoms with Crippen LogP contribution in [0.5, 0.6) is 5.75 Å². The SMILES string of the molecule is COCC[C@H]1CNC(=O)c2c(Nc3cccc(Cl)c3OC)c(-c3ccncc3)nn21. The number of carbonyl (C=O) groups is 1. The average Bonchev–Trinajstić information content (AvgIpc) is 3.14. The number of anilines is 2. The number of benzene rings is 1. The van der Waals surface area contributed by atoms with Crippen molar-refractivity contribution in [3.8, 4) is 17.0 Å². The molecule has 0 spiro atoms. The van der Waals surface area contributed by atoms with Gasteiger partial charge in [-0.3, -0.25) is 14.5 Å². The molecule has 1 aliphatic rings. The highest BCUT2D eigenvalue weighted by molar-refractivity contribution is 6.32. The second-order valence-corrected chi connectivity index (χ2v) is 7.25. The Labute approximate surface area is 179 Å². The summed E-state index contributed by atoms with van der Waals surface area (Å²) < 4.78 is 12.5. The summed E-state index contributed by atoms with van der Waals surface area (Å²) in [4.78, 5) is 17.0.